The van der Waals surface area contributed by atoms with Gasteiger partial charge in [-0.3, -0.25) is 23.7 Å². The molecule has 198 valence electrons. The number of rotatable bonds is 10. The number of aliphatic hydroxyl groups is 1. The number of hydrogen-bond donors (Lipinski definition) is 3. The predicted molar refractivity (Wildman–Crippen MR) is 125 cm³/mol. The molecular weight excluding hydrogens is 500 g/mol. The lowest BCUT2D eigenvalue weighted by Gasteiger charge is -2.30. The summed E-state index contributed by atoms with van der Waals surface area (Å²) in [6, 6.07) is 7.85. The number of ether oxygens (including phenoxy) is 2. The van der Waals surface area contributed by atoms with E-state index in [0.717, 1.165) is 16.8 Å². The van der Waals surface area contributed by atoms with Gasteiger partial charge in [0.25, 0.3) is 5.56 Å². The van der Waals surface area contributed by atoms with Gasteiger partial charge in [0.15, 0.2) is 12.4 Å². The zero-order valence-corrected chi connectivity index (χ0v) is 21.0. The third-order valence-corrected chi connectivity index (χ3v) is 6.89. The van der Waals surface area contributed by atoms with Crippen LogP contribution in [0.1, 0.15) is 33.9 Å². The number of aromatic nitrogens is 2. The van der Waals surface area contributed by atoms with E-state index in [4.69, 9.17) is 18.5 Å². The van der Waals surface area contributed by atoms with Crippen molar-refractivity contribution >= 4 is 13.7 Å². The Morgan fingerprint density at radius 2 is 1.94 bits per heavy atom. The number of carbonyl (C=O) groups is 1. The van der Waals surface area contributed by atoms with E-state index in [1.54, 1.807) is 32.0 Å². The Morgan fingerprint density at radius 3 is 2.56 bits per heavy atom. The zero-order valence-electron chi connectivity index (χ0n) is 20.1. The largest absolute Gasteiger partial charge is 0.462 e. The molecule has 0 spiro atoms. The molecule has 14 heteroatoms. The number of hydrogen-bond acceptors (Lipinski definition) is 9. The van der Waals surface area contributed by atoms with Gasteiger partial charge in [0.05, 0.1) is 12.7 Å². The molecule has 12 nitrogen and oxygen atoms in total. The predicted octanol–water partition coefficient (Wildman–Crippen LogP) is 1.66. The number of nitrogens with zero attached hydrogens (tertiary/aromatic N) is 1. The minimum Gasteiger partial charge on any atom is -0.462 e. The second kappa shape index (κ2) is 11.1. The van der Waals surface area contributed by atoms with Gasteiger partial charge in [-0.1, -0.05) is 18.2 Å². The molecule has 3 N–H and O–H groups in total. The lowest BCUT2D eigenvalue weighted by Crippen LogP contribution is -2.44. The van der Waals surface area contributed by atoms with E-state index in [1.807, 2.05) is 4.98 Å². The van der Waals surface area contributed by atoms with E-state index in [0.29, 0.717) is 0 Å². The lowest BCUT2D eigenvalue weighted by atomic mass is 9.99. The Morgan fingerprint density at radius 1 is 1.28 bits per heavy atom. The number of benzene rings is 1. The van der Waals surface area contributed by atoms with Gasteiger partial charge in [0.2, 0.25) is 0 Å². The van der Waals surface area contributed by atoms with Gasteiger partial charge in [-0.05, 0) is 39.8 Å². The molecule has 6 unspecified atom stereocenters. The normalized spacial score (nSPS) is 26.4. The van der Waals surface area contributed by atoms with E-state index >= 15 is 0 Å². The van der Waals surface area contributed by atoms with Crippen molar-refractivity contribution in [3.63, 3.8) is 0 Å². The highest BCUT2D eigenvalue weighted by Crippen LogP contribution is 2.48. The first-order chi connectivity index (χ1) is 16.8. The molecule has 1 aromatic heterocycles. The Bertz CT molecular complexity index is 1220. The molecule has 1 aromatic carbocycles. The first-order valence-corrected chi connectivity index (χ1v) is 12.7. The summed E-state index contributed by atoms with van der Waals surface area (Å²) >= 11 is 0. The highest BCUT2D eigenvalue weighted by Gasteiger charge is 2.54. The maximum atomic E-state index is 15.0. The summed E-state index contributed by atoms with van der Waals surface area (Å²) < 4.78 is 51.2. The molecule has 0 aliphatic carbocycles. The molecule has 2 aromatic rings. The van der Waals surface area contributed by atoms with Crippen LogP contribution in [0.5, 0.6) is 5.75 Å². The fraction of sp³-hybridized carbons (Fsp3) is 0.500. The first kappa shape index (κ1) is 27.8. The summed E-state index contributed by atoms with van der Waals surface area (Å²) in [5.41, 5.74) is -3.42. The summed E-state index contributed by atoms with van der Waals surface area (Å²) in [6.07, 6.45) is -4.89. The van der Waals surface area contributed by atoms with Crippen molar-refractivity contribution in [3.8, 4) is 5.75 Å². The van der Waals surface area contributed by atoms with Crippen LogP contribution < -0.4 is 20.9 Å². The molecular formula is C22H29FN3O9P. The number of halogens is 1. The van der Waals surface area contributed by atoms with E-state index < -0.39 is 67.8 Å². The summed E-state index contributed by atoms with van der Waals surface area (Å²) in [5.74, 6) is -0.563. The standard InChI is InChI=1S/C22H29FN3O9P/c1-13(2)33-20(29)14(3)25-36(31,35-15-8-6-5-7-9-15)32-12-22(4)18(28)17(23)19(34-22)26-11-10-16(27)24-21(26)30/h5-11,13-14,17-19,28H,12H2,1-4H3,(H,25,31)(H,24,27,30). The maximum Gasteiger partial charge on any atom is 0.459 e. The van der Waals surface area contributed by atoms with Crippen LogP contribution in [0, 0.1) is 0 Å². The van der Waals surface area contributed by atoms with E-state index in [1.165, 1.54) is 26.0 Å². The topological polar surface area (TPSA) is 158 Å². The smallest absolute Gasteiger partial charge is 0.459 e. The van der Waals surface area contributed by atoms with Gasteiger partial charge in [0, 0.05) is 12.3 Å². The Hall–Kier alpha value is -2.83. The fourth-order valence-corrected chi connectivity index (χ4v) is 4.99. The van der Waals surface area contributed by atoms with Crippen LogP contribution >= 0.6 is 7.75 Å². The van der Waals surface area contributed by atoms with Gasteiger partial charge >= 0.3 is 19.4 Å². The Labute approximate surface area is 205 Å². The van der Waals surface area contributed by atoms with Crippen LogP contribution in [0.25, 0.3) is 0 Å². The van der Waals surface area contributed by atoms with Crippen LogP contribution in [-0.4, -0.2) is 57.3 Å². The third kappa shape index (κ3) is 6.48. The molecule has 0 amide bonds. The fourth-order valence-electron chi connectivity index (χ4n) is 3.41. The zero-order chi connectivity index (χ0) is 26.7. The first-order valence-electron chi connectivity index (χ1n) is 11.1. The Balaban J connectivity index is 1.81. The van der Waals surface area contributed by atoms with E-state index in [2.05, 4.69) is 5.09 Å². The average molecular weight is 529 g/mol. The molecule has 2 heterocycles. The second-order valence-corrected chi connectivity index (χ2v) is 10.4. The summed E-state index contributed by atoms with van der Waals surface area (Å²) in [7, 11) is -4.32. The Kier molecular flexibility index (Phi) is 8.52. The summed E-state index contributed by atoms with van der Waals surface area (Å²) in [6.45, 7) is 5.33. The number of aromatic amines is 1. The minimum atomic E-state index is -4.32. The lowest BCUT2D eigenvalue weighted by molar-refractivity contribution is -0.149. The SMILES string of the molecule is CC(C)OC(=O)C(C)NP(=O)(OCC1(C)OC(n2ccc(=O)[nH]c2=O)C(F)C1O)Oc1ccccc1. The number of nitrogens with one attached hydrogen (secondary N) is 2. The molecule has 0 saturated carbocycles. The second-order valence-electron chi connectivity index (χ2n) is 8.74. The van der Waals surface area contributed by atoms with Crippen LogP contribution in [0.2, 0.25) is 0 Å². The number of carbonyl (C=O) groups excluding carboxylic acids is 1. The monoisotopic (exact) mass is 529 g/mol. The average Bonchev–Trinajstić information content (AvgIpc) is 3.02. The van der Waals surface area contributed by atoms with Gasteiger partial charge in [-0.25, -0.2) is 13.8 Å². The number of alkyl halides is 1. The number of esters is 1. The molecule has 6 atom stereocenters. The van der Waals surface area contributed by atoms with Gasteiger partial charge < -0.3 is 19.1 Å². The minimum absolute atomic E-state index is 0.150. The van der Waals surface area contributed by atoms with Crippen LogP contribution in [0.3, 0.4) is 0 Å². The molecule has 36 heavy (non-hydrogen) atoms. The van der Waals surface area contributed by atoms with Crippen molar-refractivity contribution in [2.24, 2.45) is 0 Å². The molecule has 0 bridgehead atoms. The van der Waals surface area contributed by atoms with Gasteiger partial charge in [0.1, 0.15) is 23.5 Å². The van der Waals surface area contributed by atoms with Crippen LogP contribution in [0.15, 0.2) is 52.2 Å². The van der Waals surface area contributed by atoms with E-state index in [9.17, 15) is 28.4 Å². The number of aliphatic hydroxyl groups excluding tert-OH is 1. The molecule has 1 aliphatic heterocycles. The van der Waals surface area contributed by atoms with Gasteiger partial charge in [-0.15, -0.1) is 0 Å². The van der Waals surface area contributed by atoms with Crippen molar-refractivity contribution in [3.05, 3.63) is 63.4 Å². The highest BCUT2D eigenvalue weighted by molar-refractivity contribution is 7.52. The highest BCUT2D eigenvalue weighted by atomic mass is 31.2. The third-order valence-electron chi connectivity index (χ3n) is 5.26. The van der Waals surface area contributed by atoms with Gasteiger partial charge in [-0.2, -0.15) is 5.09 Å². The van der Waals surface area contributed by atoms with Crippen molar-refractivity contribution < 1.29 is 37.4 Å². The maximum absolute atomic E-state index is 15.0. The van der Waals surface area contributed by atoms with Crippen molar-refractivity contribution in [2.75, 3.05) is 6.61 Å². The molecule has 0 radical (unpaired) electrons. The molecule has 3 rings (SSSR count). The number of para-hydroxylation sites is 1. The number of H-pyrrole nitrogens is 1. The quantitative estimate of drug-likeness (QED) is 0.305. The van der Waals surface area contributed by atoms with Crippen molar-refractivity contribution in [1.29, 1.82) is 0 Å². The molecule has 1 saturated heterocycles. The van der Waals surface area contributed by atoms with Crippen molar-refractivity contribution in [1.82, 2.24) is 14.6 Å². The molecule has 1 fully saturated rings. The summed E-state index contributed by atoms with van der Waals surface area (Å²) in [5, 5.41) is 13.0. The summed E-state index contributed by atoms with van der Waals surface area (Å²) in [4.78, 5) is 37.7. The molecule has 1 aliphatic rings. The van der Waals surface area contributed by atoms with Crippen LogP contribution in [-0.2, 0) is 23.4 Å². The van der Waals surface area contributed by atoms with Crippen LogP contribution in [0.4, 0.5) is 4.39 Å². The van der Waals surface area contributed by atoms with Crippen molar-refractivity contribution in [2.45, 2.75) is 63.9 Å². The van der Waals surface area contributed by atoms with E-state index in [-0.39, 0.29) is 5.75 Å².